The standard InChI is InChI=1S/C16H23N3O2/c17-10-4-8-15(20)18-14(13-6-2-1-3-7-13)12-19-11-5-9-16(19)21/h1-3,6-7,14H,4-5,8-12,17H2,(H,18,20). The first kappa shape index (κ1) is 15.5. The van der Waals surface area contributed by atoms with E-state index in [1.165, 1.54) is 0 Å². The van der Waals surface area contributed by atoms with Crippen LogP contribution in [0.4, 0.5) is 0 Å². The highest BCUT2D eigenvalue weighted by Gasteiger charge is 2.25. The van der Waals surface area contributed by atoms with Crippen molar-refractivity contribution < 1.29 is 9.59 Å². The van der Waals surface area contributed by atoms with E-state index in [2.05, 4.69) is 5.32 Å². The van der Waals surface area contributed by atoms with Crippen molar-refractivity contribution in [1.29, 1.82) is 0 Å². The molecule has 5 heteroatoms. The Balaban J connectivity index is 2.03. The van der Waals surface area contributed by atoms with E-state index < -0.39 is 0 Å². The summed E-state index contributed by atoms with van der Waals surface area (Å²) in [6, 6.07) is 9.64. The fourth-order valence-electron chi connectivity index (χ4n) is 2.57. The summed E-state index contributed by atoms with van der Waals surface area (Å²) in [5, 5.41) is 3.03. The van der Waals surface area contributed by atoms with Gasteiger partial charge in [-0.05, 0) is 24.9 Å². The van der Waals surface area contributed by atoms with Gasteiger partial charge in [0, 0.05) is 25.9 Å². The third-order valence-corrected chi connectivity index (χ3v) is 3.72. The van der Waals surface area contributed by atoms with Crippen LogP contribution in [-0.4, -0.2) is 36.3 Å². The first-order valence-corrected chi connectivity index (χ1v) is 7.53. The van der Waals surface area contributed by atoms with Crippen LogP contribution in [-0.2, 0) is 9.59 Å². The number of carbonyl (C=O) groups is 2. The zero-order valence-electron chi connectivity index (χ0n) is 12.3. The molecule has 1 fully saturated rings. The Morgan fingerprint density at radius 3 is 2.71 bits per heavy atom. The van der Waals surface area contributed by atoms with Crippen molar-refractivity contribution in [3.05, 3.63) is 35.9 Å². The normalized spacial score (nSPS) is 16.0. The summed E-state index contributed by atoms with van der Waals surface area (Å²) in [5.41, 5.74) is 6.46. The van der Waals surface area contributed by atoms with Gasteiger partial charge in [-0.2, -0.15) is 0 Å². The first-order chi connectivity index (χ1) is 10.2. The highest BCUT2D eigenvalue weighted by Crippen LogP contribution is 2.18. The Labute approximate surface area is 125 Å². The number of nitrogens with zero attached hydrogens (tertiary/aromatic N) is 1. The molecule has 21 heavy (non-hydrogen) atoms. The number of benzene rings is 1. The van der Waals surface area contributed by atoms with Crippen molar-refractivity contribution in [1.82, 2.24) is 10.2 Å². The fourth-order valence-corrected chi connectivity index (χ4v) is 2.57. The van der Waals surface area contributed by atoms with E-state index in [1.807, 2.05) is 35.2 Å². The molecule has 114 valence electrons. The van der Waals surface area contributed by atoms with E-state index in [0.29, 0.717) is 32.4 Å². The lowest BCUT2D eigenvalue weighted by Crippen LogP contribution is -2.38. The van der Waals surface area contributed by atoms with E-state index in [4.69, 9.17) is 5.73 Å². The van der Waals surface area contributed by atoms with Crippen LogP contribution in [0.5, 0.6) is 0 Å². The third kappa shape index (κ3) is 4.56. The molecular weight excluding hydrogens is 266 g/mol. The highest BCUT2D eigenvalue weighted by molar-refractivity contribution is 5.79. The molecule has 2 rings (SSSR count). The lowest BCUT2D eigenvalue weighted by Gasteiger charge is -2.25. The van der Waals surface area contributed by atoms with Crippen LogP contribution in [0.2, 0.25) is 0 Å². The molecule has 2 amide bonds. The van der Waals surface area contributed by atoms with Gasteiger partial charge >= 0.3 is 0 Å². The molecule has 1 aliphatic heterocycles. The average molecular weight is 289 g/mol. The maximum Gasteiger partial charge on any atom is 0.222 e. The molecule has 5 nitrogen and oxygen atoms in total. The van der Waals surface area contributed by atoms with Crippen molar-refractivity contribution in [2.24, 2.45) is 5.73 Å². The summed E-state index contributed by atoms with van der Waals surface area (Å²) in [5.74, 6) is 0.160. The van der Waals surface area contributed by atoms with Crippen LogP contribution < -0.4 is 11.1 Å². The zero-order valence-corrected chi connectivity index (χ0v) is 12.3. The van der Waals surface area contributed by atoms with E-state index in [9.17, 15) is 9.59 Å². The highest BCUT2D eigenvalue weighted by atomic mass is 16.2. The molecule has 0 saturated carbocycles. The molecule has 1 aromatic rings. The number of nitrogens with two attached hydrogens (primary N) is 1. The first-order valence-electron chi connectivity index (χ1n) is 7.53. The summed E-state index contributed by atoms with van der Waals surface area (Å²) in [7, 11) is 0. The van der Waals surface area contributed by atoms with Gasteiger partial charge in [-0.1, -0.05) is 30.3 Å². The minimum absolute atomic E-state index is 0.0130. The molecule has 0 bridgehead atoms. The van der Waals surface area contributed by atoms with Crippen LogP contribution in [0.25, 0.3) is 0 Å². The second-order valence-electron chi connectivity index (χ2n) is 5.37. The van der Waals surface area contributed by atoms with E-state index in [0.717, 1.165) is 18.5 Å². The second-order valence-corrected chi connectivity index (χ2v) is 5.37. The molecule has 0 spiro atoms. The predicted molar refractivity (Wildman–Crippen MR) is 81.4 cm³/mol. The Hall–Kier alpha value is -1.88. The average Bonchev–Trinajstić information content (AvgIpc) is 2.90. The van der Waals surface area contributed by atoms with Crippen LogP contribution >= 0.6 is 0 Å². The van der Waals surface area contributed by atoms with Crippen LogP contribution in [0.1, 0.15) is 37.3 Å². The van der Waals surface area contributed by atoms with Crippen molar-refractivity contribution in [2.45, 2.75) is 31.7 Å². The number of hydrogen-bond donors (Lipinski definition) is 2. The number of carbonyl (C=O) groups excluding carboxylic acids is 2. The number of rotatable bonds is 7. The van der Waals surface area contributed by atoms with Crippen LogP contribution in [0.3, 0.4) is 0 Å². The summed E-state index contributed by atoms with van der Waals surface area (Å²) < 4.78 is 0. The monoisotopic (exact) mass is 289 g/mol. The molecule has 1 heterocycles. The van der Waals surface area contributed by atoms with E-state index in [-0.39, 0.29) is 17.9 Å². The number of likely N-dealkylation sites (tertiary alicyclic amines) is 1. The molecular formula is C16H23N3O2. The quantitative estimate of drug-likeness (QED) is 0.792. The minimum Gasteiger partial charge on any atom is -0.348 e. The lowest BCUT2D eigenvalue weighted by atomic mass is 10.1. The van der Waals surface area contributed by atoms with Gasteiger partial charge in [0.05, 0.1) is 6.04 Å². The maximum atomic E-state index is 12.0. The summed E-state index contributed by atoms with van der Waals surface area (Å²) >= 11 is 0. The maximum absolute atomic E-state index is 12.0. The van der Waals surface area contributed by atoms with Gasteiger partial charge in [-0.25, -0.2) is 0 Å². The van der Waals surface area contributed by atoms with Crippen molar-refractivity contribution in [2.75, 3.05) is 19.6 Å². The zero-order chi connectivity index (χ0) is 15.1. The smallest absolute Gasteiger partial charge is 0.222 e. The van der Waals surface area contributed by atoms with Crippen molar-refractivity contribution in [3.8, 4) is 0 Å². The van der Waals surface area contributed by atoms with Gasteiger partial charge in [0.2, 0.25) is 11.8 Å². The Morgan fingerprint density at radius 2 is 2.10 bits per heavy atom. The number of hydrogen-bond acceptors (Lipinski definition) is 3. The van der Waals surface area contributed by atoms with Crippen LogP contribution in [0.15, 0.2) is 30.3 Å². The summed E-state index contributed by atoms with van der Waals surface area (Å²) in [6.45, 7) is 1.83. The molecule has 1 unspecified atom stereocenters. The van der Waals surface area contributed by atoms with Gasteiger partial charge in [0.15, 0.2) is 0 Å². The van der Waals surface area contributed by atoms with Gasteiger partial charge in [0.25, 0.3) is 0 Å². The predicted octanol–water partition coefficient (Wildman–Crippen LogP) is 1.21. The molecule has 0 radical (unpaired) electrons. The van der Waals surface area contributed by atoms with Gasteiger partial charge in [-0.3, -0.25) is 9.59 Å². The number of nitrogens with one attached hydrogen (secondary N) is 1. The summed E-state index contributed by atoms with van der Waals surface area (Å²) in [4.78, 5) is 25.6. The number of amides is 2. The Morgan fingerprint density at radius 1 is 1.33 bits per heavy atom. The molecule has 0 aliphatic carbocycles. The molecule has 1 atom stereocenters. The molecule has 1 aromatic carbocycles. The fraction of sp³-hybridized carbons (Fsp3) is 0.500. The Bertz CT molecular complexity index is 476. The minimum atomic E-state index is -0.154. The largest absolute Gasteiger partial charge is 0.348 e. The third-order valence-electron chi connectivity index (χ3n) is 3.72. The molecule has 1 saturated heterocycles. The van der Waals surface area contributed by atoms with Gasteiger partial charge in [-0.15, -0.1) is 0 Å². The molecule has 3 N–H and O–H groups in total. The van der Waals surface area contributed by atoms with Gasteiger partial charge < -0.3 is 16.0 Å². The SMILES string of the molecule is NCCCC(=O)NC(CN1CCCC1=O)c1ccccc1. The Kier molecular flexibility index (Phi) is 5.75. The lowest BCUT2D eigenvalue weighted by molar-refractivity contribution is -0.129. The van der Waals surface area contributed by atoms with Gasteiger partial charge in [0.1, 0.15) is 0 Å². The van der Waals surface area contributed by atoms with Crippen molar-refractivity contribution in [3.63, 3.8) is 0 Å². The van der Waals surface area contributed by atoms with E-state index in [1.54, 1.807) is 0 Å². The van der Waals surface area contributed by atoms with Crippen LogP contribution in [0, 0.1) is 0 Å². The molecule has 0 aromatic heterocycles. The second kappa shape index (κ2) is 7.78. The van der Waals surface area contributed by atoms with Crippen molar-refractivity contribution >= 4 is 11.8 Å². The topological polar surface area (TPSA) is 75.4 Å². The molecule has 1 aliphatic rings. The summed E-state index contributed by atoms with van der Waals surface area (Å²) in [6.07, 6.45) is 2.62. The van der Waals surface area contributed by atoms with E-state index >= 15 is 0 Å².